The molecular weight excluding hydrogens is 328 g/mol. The molecule has 1 saturated heterocycles. The zero-order valence-corrected chi connectivity index (χ0v) is 13.3. The minimum absolute atomic E-state index is 0.121. The second-order valence-electron chi connectivity index (χ2n) is 6.01. The van der Waals surface area contributed by atoms with E-state index in [0.717, 1.165) is 6.07 Å². The van der Waals surface area contributed by atoms with Crippen molar-refractivity contribution in [3.8, 4) is 0 Å². The molecular formula is C16H18F4N2O2. The molecule has 0 spiro atoms. The number of amides is 2. The van der Waals surface area contributed by atoms with Crippen molar-refractivity contribution in [2.24, 2.45) is 0 Å². The number of rotatable bonds is 2. The van der Waals surface area contributed by atoms with Crippen molar-refractivity contribution in [2.45, 2.75) is 44.9 Å². The van der Waals surface area contributed by atoms with E-state index in [1.807, 2.05) is 0 Å². The largest absolute Gasteiger partial charge is 0.408 e. The first kappa shape index (κ1) is 18.2. The molecule has 132 valence electrons. The summed E-state index contributed by atoms with van der Waals surface area (Å²) in [7, 11) is 0. The Bertz CT molecular complexity index is 625. The maximum absolute atomic E-state index is 13.5. The highest BCUT2D eigenvalue weighted by Gasteiger charge is 2.48. The molecule has 2 atom stereocenters. The van der Waals surface area contributed by atoms with Gasteiger partial charge in [0.1, 0.15) is 11.9 Å². The van der Waals surface area contributed by atoms with Crippen molar-refractivity contribution >= 4 is 11.8 Å². The number of benzene rings is 1. The predicted octanol–water partition coefficient (Wildman–Crippen LogP) is 2.81. The van der Waals surface area contributed by atoms with Gasteiger partial charge in [-0.2, -0.15) is 13.2 Å². The summed E-state index contributed by atoms with van der Waals surface area (Å²) in [5.74, 6) is -1.95. The molecule has 4 nitrogen and oxygen atoms in total. The van der Waals surface area contributed by atoms with Gasteiger partial charge in [0.25, 0.3) is 5.91 Å². The molecule has 0 aromatic heterocycles. The number of nitrogens with zero attached hydrogens (tertiary/aromatic N) is 1. The van der Waals surface area contributed by atoms with Crippen LogP contribution in [0.3, 0.4) is 0 Å². The number of alkyl halides is 3. The van der Waals surface area contributed by atoms with Gasteiger partial charge in [-0.25, -0.2) is 4.39 Å². The van der Waals surface area contributed by atoms with Crippen LogP contribution in [-0.4, -0.2) is 41.5 Å². The lowest BCUT2D eigenvalue weighted by Gasteiger charge is -2.40. The molecule has 1 aromatic rings. The molecule has 24 heavy (non-hydrogen) atoms. The minimum Gasteiger partial charge on any atom is -0.352 e. The van der Waals surface area contributed by atoms with Gasteiger partial charge in [-0.1, -0.05) is 0 Å². The van der Waals surface area contributed by atoms with Gasteiger partial charge in [0.05, 0.1) is 0 Å². The molecule has 1 heterocycles. The maximum atomic E-state index is 13.5. The molecule has 0 bridgehead atoms. The molecule has 1 aliphatic rings. The van der Waals surface area contributed by atoms with Gasteiger partial charge in [0, 0.05) is 25.1 Å². The summed E-state index contributed by atoms with van der Waals surface area (Å²) >= 11 is 0. The van der Waals surface area contributed by atoms with Gasteiger partial charge in [-0.3, -0.25) is 9.59 Å². The van der Waals surface area contributed by atoms with E-state index < -0.39 is 30.0 Å². The highest BCUT2D eigenvalue weighted by Crippen LogP contribution is 2.33. The Morgan fingerprint density at radius 1 is 1.21 bits per heavy atom. The van der Waals surface area contributed by atoms with Gasteiger partial charge in [-0.05, 0) is 43.5 Å². The summed E-state index contributed by atoms with van der Waals surface area (Å²) in [4.78, 5) is 24.4. The van der Waals surface area contributed by atoms with Crippen LogP contribution in [0.5, 0.6) is 0 Å². The molecule has 8 heteroatoms. The Morgan fingerprint density at radius 2 is 1.88 bits per heavy atom. The Hall–Kier alpha value is -2.12. The number of nitrogens with one attached hydrogen (secondary N) is 1. The molecule has 2 rings (SSSR count). The fourth-order valence-corrected chi connectivity index (χ4v) is 2.97. The number of carbonyl (C=O) groups excluding carboxylic acids is 2. The van der Waals surface area contributed by atoms with E-state index in [1.165, 1.54) is 19.1 Å². The van der Waals surface area contributed by atoms with Crippen LogP contribution >= 0.6 is 0 Å². The number of hydrogen-bond donors (Lipinski definition) is 1. The molecule has 2 amide bonds. The molecule has 1 N–H and O–H groups in total. The van der Waals surface area contributed by atoms with Gasteiger partial charge in [-0.15, -0.1) is 0 Å². The first-order valence-corrected chi connectivity index (χ1v) is 7.50. The fourth-order valence-electron chi connectivity index (χ4n) is 2.97. The quantitative estimate of drug-likeness (QED) is 0.837. The van der Waals surface area contributed by atoms with Crippen molar-refractivity contribution in [2.75, 3.05) is 6.54 Å². The standard InChI is InChI=1S/C16H18F4N2O2/c1-9-5-11(7-12(17)6-9)15(24)22-8-13(21-10(2)23)3-4-14(22)16(18,19)20/h5-7,13-14H,3-4,8H2,1-2H3,(H,21,23)/t13-,14-/m0/s1. The number of halogens is 4. The number of hydrogen-bond acceptors (Lipinski definition) is 2. The van der Waals surface area contributed by atoms with E-state index in [0.29, 0.717) is 10.5 Å². The summed E-state index contributed by atoms with van der Waals surface area (Å²) < 4.78 is 53.3. The van der Waals surface area contributed by atoms with E-state index in [4.69, 9.17) is 0 Å². The van der Waals surface area contributed by atoms with Crippen molar-refractivity contribution in [3.05, 3.63) is 35.1 Å². The Labute approximate surface area is 136 Å². The van der Waals surface area contributed by atoms with E-state index in [-0.39, 0.29) is 30.9 Å². The average Bonchev–Trinajstić information content (AvgIpc) is 2.43. The van der Waals surface area contributed by atoms with Crippen molar-refractivity contribution < 1.29 is 27.2 Å². The highest BCUT2D eigenvalue weighted by atomic mass is 19.4. The summed E-state index contributed by atoms with van der Waals surface area (Å²) in [6, 6.07) is 0.957. The molecule has 1 aromatic carbocycles. The lowest BCUT2D eigenvalue weighted by molar-refractivity contribution is -0.184. The van der Waals surface area contributed by atoms with Crippen LogP contribution in [0.25, 0.3) is 0 Å². The lowest BCUT2D eigenvalue weighted by Crippen LogP contribution is -2.58. The highest BCUT2D eigenvalue weighted by molar-refractivity contribution is 5.94. The summed E-state index contributed by atoms with van der Waals surface area (Å²) in [6.45, 7) is 2.55. The Balaban J connectivity index is 2.31. The SMILES string of the molecule is CC(=O)N[C@H]1CC[C@@H](C(F)(F)F)N(C(=O)c2cc(C)cc(F)c2)C1. The fraction of sp³-hybridized carbons (Fsp3) is 0.500. The topological polar surface area (TPSA) is 49.4 Å². The van der Waals surface area contributed by atoms with Gasteiger partial charge in [0.15, 0.2) is 0 Å². The zero-order valence-electron chi connectivity index (χ0n) is 13.3. The number of carbonyl (C=O) groups is 2. The first-order valence-electron chi connectivity index (χ1n) is 7.50. The Morgan fingerprint density at radius 3 is 2.42 bits per heavy atom. The summed E-state index contributed by atoms with van der Waals surface area (Å²) in [5, 5.41) is 2.54. The van der Waals surface area contributed by atoms with Gasteiger partial charge in [0.2, 0.25) is 5.91 Å². The lowest BCUT2D eigenvalue weighted by atomic mass is 9.96. The third kappa shape index (κ3) is 4.24. The number of likely N-dealkylation sites (tertiary alicyclic amines) is 1. The first-order chi connectivity index (χ1) is 11.1. The van der Waals surface area contributed by atoms with Crippen LogP contribution in [0.1, 0.15) is 35.7 Å². The molecule has 0 radical (unpaired) electrons. The van der Waals surface area contributed by atoms with E-state index in [9.17, 15) is 27.2 Å². The minimum atomic E-state index is -4.58. The maximum Gasteiger partial charge on any atom is 0.408 e. The van der Waals surface area contributed by atoms with Crippen LogP contribution in [0, 0.1) is 12.7 Å². The second-order valence-corrected chi connectivity index (χ2v) is 6.01. The van der Waals surface area contributed by atoms with Crippen LogP contribution in [-0.2, 0) is 4.79 Å². The second kappa shape index (κ2) is 6.78. The Kier molecular flexibility index (Phi) is 5.15. The monoisotopic (exact) mass is 346 g/mol. The normalized spacial score (nSPS) is 21.5. The van der Waals surface area contributed by atoms with Crippen LogP contribution in [0.15, 0.2) is 18.2 Å². The van der Waals surface area contributed by atoms with Gasteiger partial charge < -0.3 is 10.2 Å². The van der Waals surface area contributed by atoms with E-state index in [1.54, 1.807) is 6.92 Å². The van der Waals surface area contributed by atoms with Crippen molar-refractivity contribution in [1.29, 1.82) is 0 Å². The number of aryl methyl sites for hydroxylation is 1. The average molecular weight is 346 g/mol. The van der Waals surface area contributed by atoms with Crippen molar-refractivity contribution in [3.63, 3.8) is 0 Å². The van der Waals surface area contributed by atoms with Crippen molar-refractivity contribution in [1.82, 2.24) is 10.2 Å². The third-order valence-corrected chi connectivity index (χ3v) is 3.92. The summed E-state index contributed by atoms with van der Waals surface area (Å²) in [5.41, 5.74) is 0.308. The number of piperidine rings is 1. The predicted molar refractivity (Wildman–Crippen MR) is 78.9 cm³/mol. The molecule has 0 unspecified atom stereocenters. The van der Waals surface area contributed by atoms with E-state index >= 15 is 0 Å². The van der Waals surface area contributed by atoms with Crippen LogP contribution in [0.4, 0.5) is 17.6 Å². The van der Waals surface area contributed by atoms with Gasteiger partial charge >= 0.3 is 6.18 Å². The van der Waals surface area contributed by atoms with Crippen LogP contribution < -0.4 is 5.32 Å². The van der Waals surface area contributed by atoms with E-state index in [2.05, 4.69) is 5.32 Å². The smallest absolute Gasteiger partial charge is 0.352 e. The summed E-state index contributed by atoms with van der Waals surface area (Å²) in [6.07, 6.45) is -4.77. The van der Waals surface area contributed by atoms with Crippen LogP contribution in [0.2, 0.25) is 0 Å². The molecule has 1 aliphatic heterocycles. The molecule has 0 aliphatic carbocycles. The molecule has 1 fully saturated rings. The third-order valence-electron chi connectivity index (χ3n) is 3.92. The molecule has 0 saturated carbocycles. The zero-order chi connectivity index (χ0) is 18.1.